The van der Waals surface area contributed by atoms with Crippen LogP contribution >= 0.6 is 0 Å². The van der Waals surface area contributed by atoms with Crippen LogP contribution in [0, 0.1) is 0 Å². The molecule has 1 saturated heterocycles. The molecular weight excluding hydrogens is 328 g/mol. The molecule has 0 bridgehead atoms. The maximum Gasteiger partial charge on any atom is 0.161 e. The van der Waals surface area contributed by atoms with Crippen LogP contribution < -0.4 is 19.7 Å². The van der Waals surface area contributed by atoms with Crippen LogP contribution in [0.25, 0.3) is 0 Å². The molecule has 0 aromatic heterocycles. The summed E-state index contributed by atoms with van der Waals surface area (Å²) in [5, 5.41) is 3.47. The predicted octanol–water partition coefficient (Wildman–Crippen LogP) is 3.93. The van der Waals surface area contributed by atoms with Gasteiger partial charge in [-0.15, -0.1) is 0 Å². The first kappa shape index (κ1) is 18.4. The van der Waals surface area contributed by atoms with E-state index in [1.165, 1.54) is 5.69 Å². The average Bonchev–Trinajstić information content (AvgIpc) is 2.69. The molecule has 5 heteroatoms. The zero-order valence-electron chi connectivity index (χ0n) is 15.7. The highest BCUT2D eigenvalue weighted by Gasteiger charge is 2.11. The van der Waals surface area contributed by atoms with E-state index in [4.69, 9.17) is 14.2 Å². The van der Waals surface area contributed by atoms with Crippen molar-refractivity contribution < 1.29 is 14.2 Å². The topological polar surface area (TPSA) is 43.0 Å². The third kappa shape index (κ3) is 4.82. The van der Waals surface area contributed by atoms with Gasteiger partial charge in [-0.25, -0.2) is 0 Å². The number of morpholine rings is 1. The Balaban J connectivity index is 1.60. The van der Waals surface area contributed by atoms with Gasteiger partial charge in [0.15, 0.2) is 11.5 Å². The lowest BCUT2D eigenvalue weighted by atomic mass is 10.2. The van der Waals surface area contributed by atoms with Crippen LogP contribution in [0.4, 0.5) is 11.4 Å². The van der Waals surface area contributed by atoms with Crippen LogP contribution in [-0.2, 0) is 11.3 Å². The first-order valence-electron chi connectivity index (χ1n) is 9.35. The van der Waals surface area contributed by atoms with Crippen LogP contribution in [-0.4, -0.2) is 39.5 Å². The van der Waals surface area contributed by atoms with E-state index in [0.29, 0.717) is 13.2 Å². The third-order valence-corrected chi connectivity index (χ3v) is 4.35. The third-order valence-electron chi connectivity index (χ3n) is 4.35. The summed E-state index contributed by atoms with van der Waals surface area (Å²) >= 11 is 0. The Morgan fingerprint density at radius 3 is 2.31 bits per heavy atom. The van der Waals surface area contributed by atoms with E-state index in [9.17, 15) is 0 Å². The van der Waals surface area contributed by atoms with Crippen LogP contribution in [0.15, 0.2) is 42.5 Å². The molecule has 0 atom stereocenters. The molecule has 3 rings (SSSR count). The molecule has 1 aliphatic rings. The summed E-state index contributed by atoms with van der Waals surface area (Å²) < 4.78 is 16.7. The summed E-state index contributed by atoms with van der Waals surface area (Å²) in [6.07, 6.45) is 0. The second kappa shape index (κ2) is 9.34. The maximum atomic E-state index is 5.70. The first-order chi connectivity index (χ1) is 12.8. The number of ether oxygens (including phenoxy) is 3. The average molecular weight is 356 g/mol. The largest absolute Gasteiger partial charge is 0.490 e. The van der Waals surface area contributed by atoms with Gasteiger partial charge < -0.3 is 24.4 Å². The fourth-order valence-corrected chi connectivity index (χ4v) is 3.02. The molecule has 0 spiro atoms. The van der Waals surface area contributed by atoms with Crippen molar-refractivity contribution in [3.8, 4) is 11.5 Å². The van der Waals surface area contributed by atoms with Crippen molar-refractivity contribution in [3.05, 3.63) is 48.0 Å². The fraction of sp³-hybridized carbons (Fsp3) is 0.429. The molecule has 1 N–H and O–H groups in total. The zero-order valence-corrected chi connectivity index (χ0v) is 15.7. The van der Waals surface area contributed by atoms with Gasteiger partial charge in [-0.2, -0.15) is 0 Å². The molecular formula is C21H28N2O3. The lowest BCUT2D eigenvalue weighted by Gasteiger charge is -2.29. The summed E-state index contributed by atoms with van der Waals surface area (Å²) in [5.74, 6) is 1.60. The maximum absolute atomic E-state index is 5.70. The van der Waals surface area contributed by atoms with Crippen molar-refractivity contribution in [2.45, 2.75) is 20.4 Å². The molecule has 0 saturated carbocycles. The summed E-state index contributed by atoms with van der Waals surface area (Å²) in [7, 11) is 0. The molecule has 26 heavy (non-hydrogen) atoms. The number of rotatable bonds is 8. The van der Waals surface area contributed by atoms with Gasteiger partial charge in [-0.3, -0.25) is 0 Å². The number of nitrogens with one attached hydrogen (secondary N) is 1. The summed E-state index contributed by atoms with van der Waals surface area (Å²) in [6.45, 7) is 9.48. The van der Waals surface area contributed by atoms with E-state index in [-0.39, 0.29) is 0 Å². The van der Waals surface area contributed by atoms with Crippen molar-refractivity contribution in [1.82, 2.24) is 0 Å². The minimum atomic E-state index is 0.625. The van der Waals surface area contributed by atoms with Crippen LogP contribution in [0.2, 0.25) is 0 Å². The predicted molar refractivity (Wildman–Crippen MR) is 106 cm³/mol. The Morgan fingerprint density at radius 2 is 1.62 bits per heavy atom. The minimum Gasteiger partial charge on any atom is -0.490 e. The Labute approximate surface area is 155 Å². The Hall–Kier alpha value is -2.40. The Kier molecular flexibility index (Phi) is 6.61. The molecule has 0 radical (unpaired) electrons. The summed E-state index contributed by atoms with van der Waals surface area (Å²) in [5.41, 5.74) is 3.52. The van der Waals surface area contributed by atoms with Gasteiger partial charge in [0, 0.05) is 31.0 Å². The summed E-state index contributed by atoms with van der Waals surface area (Å²) in [6, 6.07) is 14.7. The van der Waals surface area contributed by atoms with E-state index in [0.717, 1.165) is 55.6 Å². The quantitative estimate of drug-likeness (QED) is 0.776. The number of nitrogens with zero attached hydrogens (tertiary/aromatic N) is 1. The standard InChI is InChI=1S/C21H28N2O3/c1-3-25-20-10-5-17(15-21(20)26-4-2)16-22-18-6-8-19(9-7-18)23-11-13-24-14-12-23/h5-10,15,22H,3-4,11-14,16H2,1-2H3. The van der Waals surface area contributed by atoms with Crippen molar-refractivity contribution in [3.63, 3.8) is 0 Å². The van der Waals surface area contributed by atoms with Gasteiger partial charge in [0.2, 0.25) is 0 Å². The number of benzene rings is 2. The van der Waals surface area contributed by atoms with Crippen LogP contribution in [0.3, 0.4) is 0 Å². The first-order valence-corrected chi connectivity index (χ1v) is 9.35. The lowest BCUT2D eigenvalue weighted by molar-refractivity contribution is 0.122. The van der Waals surface area contributed by atoms with Gasteiger partial charge in [-0.05, 0) is 55.8 Å². The van der Waals surface area contributed by atoms with Crippen molar-refractivity contribution in [2.75, 3.05) is 49.7 Å². The molecule has 2 aromatic rings. The van der Waals surface area contributed by atoms with Crippen molar-refractivity contribution in [1.29, 1.82) is 0 Å². The summed E-state index contributed by atoms with van der Waals surface area (Å²) in [4.78, 5) is 2.36. The van der Waals surface area contributed by atoms with Crippen molar-refractivity contribution >= 4 is 11.4 Å². The fourth-order valence-electron chi connectivity index (χ4n) is 3.02. The molecule has 5 nitrogen and oxygen atoms in total. The van der Waals surface area contributed by atoms with E-state index >= 15 is 0 Å². The molecule has 140 valence electrons. The van der Waals surface area contributed by atoms with Crippen LogP contribution in [0.5, 0.6) is 11.5 Å². The molecule has 2 aromatic carbocycles. The van der Waals surface area contributed by atoms with E-state index in [2.05, 4.69) is 40.5 Å². The van der Waals surface area contributed by atoms with E-state index in [1.54, 1.807) is 0 Å². The van der Waals surface area contributed by atoms with Gasteiger partial charge in [0.05, 0.1) is 26.4 Å². The number of anilines is 2. The smallest absolute Gasteiger partial charge is 0.161 e. The Bertz CT molecular complexity index is 682. The molecule has 1 fully saturated rings. The second-order valence-corrected chi connectivity index (χ2v) is 6.15. The lowest BCUT2D eigenvalue weighted by Crippen LogP contribution is -2.36. The van der Waals surface area contributed by atoms with E-state index < -0.39 is 0 Å². The molecule has 1 aliphatic heterocycles. The van der Waals surface area contributed by atoms with Crippen molar-refractivity contribution in [2.24, 2.45) is 0 Å². The highest BCUT2D eigenvalue weighted by molar-refractivity contribution is 5.55. The number of hydrogen-bond donors (Lipinski definition) is 1. The van der Waals surface area contributed by atoms with E-state index in [1.807, 2.05) is 26.0 Å². The molecule has 0 amide bonds. The number of hydrogen-bond acceptors (Lipinski definition) is 5. The highest BCUT2D eigenvalue weighted by Crippen LogP contribution is 2.29. The SMILES string of the molecule is CCOc1ccc(CNc2ccc(N3CCOCC3)cc2)cc1OCC. The van der Waals surface area contributed by atoms with Gasteiger partial charge in [0.1, 0.15) is 0 Å². The second-order valence-electron chi connectivity index (χ2n) is 6.15. The minimum absolute atomic E-state index is 0.625. The Morgan fingerprint density at radius 1 is 0.923 bits per heavy atom. The molecule has 1 heterocycles. The molecule has 0 unspecified atom stereocenters. The zero-order chi connectivity index (χ0) is 18.2. The van der Waals surface area contributed by atoms with Gasteiger partial charge in [0.25, 0.3) is 0 Å². The van der Waals surface area contributed by atoms with Gasteiger partial charge in [-0.1, -0.05) is 6.07 Å². The normalized spacial score (nSPS) is 14.2. The van der Waals surface area contributed by atoms with Gasteiger partial charge >= 0.3 is 0 Å². The highest BCUT2D eigenvalue weighted by atomic mass is 16.5. The molecule has 0 aliphatic carbocycles. The van der Waals surface area contributed by atoms with Crippen LogP contribution in [0.1, 0.15) is 19.4 Å². The monoisotopic (exact) mass is 356 g/mol.